The molecule has 0 radical (unpaired) electrons. The van der Waals surface area contributed by atoms with Crippen LogP contribution < -0.4 is 0 Å². The van der Waals surface area contributed by atoms with E-state index in [9.17, 15) is 0 Å². The van der Waals surface area contributed by atoms with Crippen LogP contribution in [0.3, 0.4) is 0 Å². The maximum Gasteiger partial charge on any atom is 0.241 e. The van der Waals surface area contributed by atoms with E-state index >= 15 is 0 Å². The summed E-state index contributed by atoms with van der Waals surface area (Å²) in [6.07, 6.45) is 1.32. The molecule has 5 heteroatoms. The SMILES string of the molecule is CC1CC(C)CN(Cc2nc(-c3cccs3)no2)C1. The maximum absolute atomic E-state index is 5.37. The van der Waals surface area contributed by atoms with Crippen molar-refractivity contribution in [2.45, 2.75) is 26.8 Å². The molecule has 2 atom stereocenters. The minimum Gasteiger partial charge on any atom is -0.338 e. The van der Waals surface area contributed by atoms with Gasteiger partial charge >= 0.3 is 0 Å². The van der Waals surface area contributed by atoms with Gasteiger partial charge in [0.25, 0.3) is 0 Å². The van der Waals surface area contributed by atoms with E-state index in [4.69, 9.17) is 4.52 Å². The Morgan fingerprint density at radius 2 is 2.16 bits per heavy atom. The monoisotopic (exact) mass is 277 g/mol. The second kappa shape index (κ2) is 5.43. The standard InChI is InChI=1S/C14H19N3OS/c1-10-6-11(2)8-17(7-10)9-13-15-14(16-18-13)12-4-3-5-19-12/h3-5,10-11H,6-9H2,1-2H3. The molecule has 3 rings (SSSR count). The molecule has 2 unspecified atom stereocenters. The van der Waals surface area contributed by atoms with Crippen LogP contribution in [0.15, 0.2) is 22.0 Å². The average molecular weight is 277 g/mol. The predicted molar refractivity (Wildman–Crippen MR) is 75.8 cm³/mol. The Labute approximate surface area is 117 Å². The Bertz CT molecular complexity index is 513. The number of hydrogen-bond acceptors (Lipinski definition) is 5. The van der Waals surface area contributed by atoms with Gasteiger partial charge in [-0.05, 0) is 29.7 Å². The molecule has 3 heterocycles. The van der Waals surface area contributed by atoms with Gasteiger partial charge in [-0.15, -0.1) is 11.3 Å². The van der Waals surface area contributed by atoms with Crippen molar-refractivity contribution in [2.75, 3.05) is 13.1 Å². The molecule has 4 nitrogen and oxygen atoms in total. The van der Waals surface area contributed by atoms with Crippen LogP contribution in [0, 0.1) is 11.8 Å². The number of piperidine rings is 1. The number of likely N-dealkylation sites (tertiary alicyclic amines) is 1. The molecular formula is C14H19N3OS. The summed E-state index contributed by atoms with van der Waals surface area (Å²) in [6.45, 7) is 7.65. The van der Waals surface area contributed by atoms with E-state index in [1.54, 1.807) is 11.3 Å². The van der Waals surface area contributed by atoms with E-state index in [2.05, 4.69) is 28.9 Å². The number of nitrogens with zero attached hydrogens (tertiary/aromatic N) is 3. The Balaban J connectivity index is 1.67. The quantitative estimate of drug-likeness (QED) is 0.863. The molecule has 0 spiro atoms. The molecule has 1 fully saturated rings. The van der Waals surface area contributed by atoms with Crippen LogP contribution in [0.4, 0.5) is 0 Å². The zero-order valence-electron chi connectivity index (χ0n) is 11.4. The zero-order valence-corrected chi connectivity index (χ0v) is 12.2. The van der Waals surface area contributed by atoms with Gasteiger partial charge in [-0.3, -0.25) is 4.90 Å². The van der Waals surface area contributed by atoms with E-state index in [0.29, 0.717) is 5.82 Å². The van der Waals surface area contributed by atoms with Crippen molar-refractivity contribution in [1.29, 1.82) is 0 Å². The minimum absolute atomic E-state index is 0.711. The van der Waals surface area contributed by atoms with Gasteiger partial charge in [-0.25, -0.2) is 0 Å². The fourth-order valence-electron chi connectivity index (χ4n) is 2.94. The van der Waals surface area contributed by atoms with Gasteiger partial charge in [0.1, 0.15) is 0 Å². The fraction of sp³-hybridized carbons (Fsp3) is 0.571. The van der Waals surface area contributed by atoms with Crippen molar-refractivity contribution in [3.63, 3.8) is 0 Å². The average Bonchev–Trinajstić information content (AvgIpc) is 2.96. The highest BCUT2D eigenvalue weighted by atomic mass is 32.1. The number of aromatic nitrogens is 2. The third kappa shape index (κ3) is 3.04. The minimum atomic E-state index is 0.711. The number of thiophene rings is 1. The first kappa shape index (κ1) is 12.8. The summed E-state index contributed by atoms with van der Waals surface area (Å²) in [6, 6.07) is 4.02. The molecule has 0 aromatic carbocycles. The summed E-state index contributed by atoms with van der Waals surface area (Å²) in [5.74, 6) is 2.94. The van der Waals surface area contributed by atoms with Crippen molar-refractivity contribution in [3.05, 3.63) is 23.4 Å². The number of hydrogen-bond donors (Lipinski definition) is 0. The molecule has 19 heavy (non-hydrogen) atoms. The molecule has 0 amide bonds. The first-order valence-corrected chi connectivity index (χ1v) is 7.67. The Hall–Kier alpha value is -1.20. The van der Waals surface area contributed by atoms with Crippen molar-refractivity contribution < 1.29 is 4.52 Å². The van der Waals surface area contributed by atoms with Crippen LogP contribution in [-0.4, -0.2) is 28.1 Å². The van der Waals surface area contributed by atoms with Gasteiger partial charge in [0, 0.05) is 13.1 Å². The molecule has 0 bridgehead atoms. The van der Waals surface area contributed by atoms with Gasteiger partial charge in [0.05, 0.1) is 11.4 Å². The molecule has 0 saturated carbocycles. The fourth-order valence-corrected chi connectivity index (χ4v) is 3.59. The van der Waals surface area contributed by atoms with Gasteiger partial charge in [-0.2, -0.15) is 4.98 Å². The van der Waals surface area contributed by atoms with Crippen LogP contribution in [0.2, 0.25) is 0 Å². The van der Waals surface area contributed by atoms with E-state index in [1.807, 2.05) is 17.5 Å². The summed E-state index contributed by atoms with van der Waals surface area (Å²) in [7, 11) is 0. The molecule has 0 N–H and O–H groups in total. The largest absolute Gasteiger partial charge is 0.338 e. The van der Waals surface area contributed by atoms with Gasteiger partial charge in [0.2, 0.25) is 11.7 Å². The summed E-state index contributed by atoms with van der Waals surface area (Å²) in [5.41, 5.74) is 0. The topological polar surface area (TPSA) is 42.2 Å². The highest BCUT2D eigenvalue weighted by molar-refractivity contribution is 7.13. The van der Waals surface area contributed by atoms with Crippen molar-refractivity contribution >= 4 is 11.3 Å². The number of rotatable bonds is 3. The lowest BCUT2D eigenvalue weighted by molar-refractivity contribution is 0.121. The first-order chi connectivity index (χ1) is 9.20. The molecule has 2 aromatic rings. The van der Waals surface area contributed by atoms with Crippen molar-refractivity contribution in [3.8, 4) is 10.7 Å². The second-order valence-electron chi connectivity index (χ2n) is 5.63. The second-order valence-corrected chi connectivity index (χ2v) is 6.58. The molecule has 1 aliphatic heterocycles. The lowest BCUT2D eigenvalue weighted by Gasteiger charge is -2.33. The van der Waals surface area contributed by atoms with E-state index in [-0.39, 0.29) is 0 Å². The summed E-state index contributed by atoms with van der Waals surface area (Å²) < 4.78 is 5.37. The summed E-state index contributed by atoms with van der Waals surface area (Å²) in [4.78, 5) is 7.97. The van der Waals surface area contributed by atoms with Crippen molar-refractivity contribution in [1.82, 2.24) is 15.0 Å². The van der Waals surface area contributed by atoms with E-state index in [1.165, 1.54) is 6.42 Å². The predicted octanol–water partition coefficient (Wildman–Crippen LogP) is 3.28. The smallest absolute Gasteiger partial charge is 0.241 e. The van der Waals surface area contributed by atoms with Crippen molar-refractivity contribution in [2.24, 2.45) is 11.8 Å². The Morgan fingerprint density at radius 1 is 1.37 bits per heavy atom. The van der Waals surface area contributed by atoms with Crippen LogP contribution in [-0.2, 0) is 6.54 Å². The molecular weight excluding hydrogens is 258 g/mol. The van der Waals surface area contributed by atoms with Gasteiger partial charge in [-0.1, -0.05) is 25.1 Å². The highest BCUT2D eigenvalue weighted by Gasteiger charge is 2.23. The summed E-state index contributed by atoms with van der Waals surface area (Å²) in [5, 5.41) is 6.09. The van der Waals surface area contributed by atoms with Gasteiger partial charge in [0.15, 0.2) is 0 Å². The van der Waals surface area contributed by atoms with Crippen LogP contribution >= 0.6 is 11.3 Å². The third-order valence-electron chi connectivity index (χ3n) is 3.51. The first-order valence-electron chi connectivity index (χ1n) is 6.79. The van der Waals surface area contributed by atoms with E-state index in [0.717, 1.165) is 42.2 Å². The molecule has 0 aliphatic carbocycles. The molecule has 1 saturated heterocycles. The zero-order chi connectivity index (χ0) is 13.2. The highest BCUT2D eigenvalue weighted by Crippen LogP contribution is 2.24. The lowest BCUT2D eigenvalue weighted by Crippen LogP contribution is -2.38. The van der Waals surface area contributed by atoms with Crippen LogP contribution in [0.5, 0.6) is 0 Å². The summed E-state index contributed by atoms with van der Waals surface area (Å²) >= 11 is 1.64. The lowest BCUT2D eigenvalue weighted by atomic mass is 9.92. The van der Waals surface area contributed by atoms with Crippen LogP contribution in [0.25, 0.3) is 10.7 Å². The van der Waals surface area contributed by atoms with E-state index < -0.39 is 0 Å². The third-order valence-corrected chi connectivity index (χ3v) is 4.38. The molecule has 1 aliphatic rings. The molecule has 2 aromatic heterocycles. The Kier molecular flexibility index (Phi) is 3.66. The normalized spacial score (nSPS) is 24.7. The Morgan fingerprint density at radius 3 is 2.84 bits per heavy atom. The van der Waals surface area contributed by atoms with Crippen LogP contribution in [0.1, 0.15) is 26.2 Å². The van der Waals surface area contributed by atoms with Gasteiger partial charge < -0.3 is 4.52 Å². The maximum atomic E-state index is 5.37. The molecule has 102 valence electrons.